The minimum absolute atomic E-state index is 0.171. The molecule has 5 rings (SSSR count). The van der Waals surface area contributed by atoms with Crippen LogP contribution in [0.2, 0.25) is 0 Å². The molecule has 1 amide bonds. The summed E-state index contributed by atoms with van der Waals surface area (Å²) in [6.45, 7) is 8.28. The number of amides is 1. The molecule has 170 valence electrons. The molecule has 4 aliphatic heterocycles. The Morgan fingerprint density at radius 2 is 1.74 bits per heavy atom. The Morgan fingerprint density at radius 3 is 2.35 bits per heavy atom. The monoisotopic (exact) mass is 429 g/mol. The average molecular weight is 430 g/mol. The lowest BCUT2D eigenvalue weighted by atomic mass is 9.73. The summed E-state index contributed by atoms with van der Waals surface area (Å²) in [5.74, 6) is -0.224. The Balaban J connectivity index is 1.34. The highest BCUT2D eigenvalue weighted by Gasteiger charge is 2.49. The summed E-state index contributed by atoms with van der Waals surface area (Å²) in [6.07, 6.45) is 6.82. The number of benzene rings is 1. The molecule has 1 aromatic rings. The highest BCUT2D eigenvalue weighted by Crippen LogP contribution is 2.48. The predicted octanol–water partition coefficient (Wildman–Crippen LogP) is 4.54. The maximum atomic E-state index is 14.2. The van der Waals surface area contributed by atoms with Gasteiger partial charge in [0, 0.05) is 30.1 Å². The third-order valence-electron chi connectivity index (χ3n) is 8.24. The van der Waals surface area contributed by atoms with Crippen LogP contribution in [0.5, 0.6) is 0 Å². The van der Waals surface area contributed by atoms with Crippen molar-refractivity contribution >= 4 is 11.8 Å². The molecule has 3 fully saturated rings. The molecule has 4 aliphatic rings. The van der Waals surface area contributed by atoms with E-state index >= 15 is 0 Å². The van der Waals surface area contributed by atoms with Crippen molar-refractivity contribution in [3.05, 3.63) is 29.6 Å². The SMILES string of the molecule is CN1C2CCC1CC(N1CCC3(CC1)CN(C(=O)OC(C)(C)C)c1ccc(F)cc13)C2. The van der Waals surface area contributed by atoms with Crippen LogP contribution in [0.3, 0.4) is 0 Å². The van der Waals surface area contributed by atoms with Crippen molar-refractivity contribution in [3.8, 4) is 0 Å². The number of hydrogen-bond donors (Lipinski definition) is 0. The number of ether oxygens (including phenoxy) is 1. The minimum Gasteiger partial charge on any atom is -0.443 e. The molecule has 0 aromatic heterocycles. The van der Waals surface area contributed by atoms with Crippen LogP contribution in [-0.4, -0.2) is 66.3 Å². The second-order valence-corrected chi connectivity index (χ2v) is 11.2. The van der Waals surface area contributed by atoms with Crippen LogP contribution in [-0.2, 0) is 10.2 Å². The lowest BCUT2D eigenvalue weighted by Crippen LogP contribution is -2.53. The predicted molar refractivity (Wildman–Crippen MR) is 120 cm³/mol. The molecule has 2 bridgehead atoms. The Hall–Kier alpha value is -1.66. The van der Waals surface area contributed by atoms with E-state index in [0.717, 1.165) is 49.3 Å². The first-order valence-corrected chi connectivity index (χ1v) is 11.9. The zero-order chi connectivity index (χ0) is 22.0. The van der Waals surface area contributed by atoms with Crippen molar-refractivity contribution in [1.82, 2.24) is 9.80 Å². The van der Waals surface area contributed by atoms with E-state index < -0.39 is 5.60 Å². The van der Waals surface area contributed by atoms with E-state index in [1.54, 1.807) is 17.0 Å². The van der Waals surface area contributed by atoms with Gasteiger partial charge in [0.25, 0.3) is 0 Å². The van der Waals surface area contributed by atoms with Crippen molar-refractivity contribution in [3.63, 3.8) is 0 Å². The number of hydrogen-bond acceptors (Lipinski definition) is 4. The maximum Gasteiger partial charge on any atom is 0.414 e. The molecule has 3 saturated heterocycles. The zero-order valence-corrected chi connectivity index (χ0v) is 19.4. The van der Waals surface area contributed by atoms with Gasteiger partial charge in [-0.1, -0.05) is 0 Å². The van der Waals surface area contributed by atoms with Gasteiger partial charge < -0.3 is 14.5 Å². The first-order valence-electron chi connectivity index (χ1n) is 11.9. The number of likely N-dealkylation sites (tertiary alicyclic amines) is 1. The number of carbonyl (C=O) groups excluding carboxylic acids is 1. The van der Waals surface area contributed by atoms with Crippen molar-refractivity contribution in [2.45, 2.75) is 88.4 Å². The highest BCUT2D eigenvalue weighted by atomic mass is 19.1. The Kier molecular flexibility index (Phi) is 5.09. The second kappa shape index (κ2) is 7.45. The van der Waals surface area contributed by atoms with Crippen LogP contribution in [0, 0.1) is 5.82 Å². The quantitative estimate of drug-likeness (QED) is 0.657. The number of carbonyl (C=O) groups is 1. The molecule has 2 unspecified atom stereocenters. The van der Waals surface area contributed by atoms with Gasteiger partial charge in [0.15, 0.2) is 0 Å². The molecular formula is C25H36FN3O2. The molecule has 6 heteroatoms. The number of fused-ring (bicyclic) bond motifs is 4. The summed E-state index contributed by atoms with van der Waals surface area (Å²) >= 11 is 0. The summed E-state index contributed by atoms with van der Waals surface area (Å²) in [7, 11) is 2.29. The molecule has 5 nitrogen and oxygen atoms in total. The Labute approximate surface area is 185 Å². The normalized spacial score (nSPS) is 30.6. The van der Waals surface area contributed by atoms with Crippen LogP contribution < -0.4 is 4.90 Å². The van der Waals surface area contributed by atoms with Gasteiger partial charge in [-0.15, -0.1) is 0 Å². The molecular weight excluding hydrogens is 393 g/mol. The van der Waals surface area contributed by atoms with Crippen LogP contribution in [0.4, 0.5) is 14.9 Å². The van der Waals surface area contributed by atoms with E-state index in [1.807, 2.05) is 20.8 Å². The highest BCUT2D eigenvalue weighted by molar-refractivity contribution is 5.91. The summed E-state index contributed by atoms with van der Waals surface area (Å²) in [4.78, 5) is 20.0. The molecule has 0 N–H and O–H groups in total. The third kappa shape index (κ3) is 3.76. The van der Waals surface area contributed by atoms with Gasteiger partial charge in [-0.05, 0) is 103 Å². The summed E-state index contributed by atoms with van der Waals surface area (Å²) in [5, 5.41) is 0. The van der Waals surface area contributed by atoms with Gasteiger partial charge in [-0.2, -0.15) is 0 Å². The Bertz CT molecular complexity index is 845. The second-order valence-electron chi connectivity index (χ2n) is 11.2. The van der Waals surface area contributed by atoms with Gasteiger partial charge >= 0.3 is 6.09 Å². The van der Waals surface area contributed by atoms with Crippen molar-refractivity contribution in [1.29, 1.82) is 0 Å². The standard InChI is InChI=1S/C25H36FN3O2/c1-24(2,3)31-23(30)29-16-25(21-13-17(26)5-8-22(21)29)9-11-28(12-10-25)20-14-18-6-7-19(15-20)27(18)4/h5,8,13,18-20H,6-7,9-12,14-16H2,1-4H3. The number of nitrogens with zero attached hydrogens (tertiary/aromatic N) is 3. The smallest absolute Gasteiger partial charge is 0.414 e. The molecule has 1 spiro atoms. The van der Waals surface area contributed by atoms with Gasteiger partial charge in [-0.25, -0.2) is 9.18 Å². The van der Waals surface area contributed by atoms with Gasteiger partial charge in [0.1, 0.15) is 11.4 Å². The fourth-order valence-electron chi connectivity index (χ4n) is 6.55. The summed E-state index contributed by atoms with van der Waals surface area (Å²) in [6, 6.07) is 7.02. The van der Waals surface area contributed by atoms with E-state index in [9.17, 15) is 9.18 Å². The fourth-order valence-corrected chi connectivity index (χ4v) is 6.55. The molecule has 0 radical (unpaired) electrons. The van der Waals surface area contributed by atoms with Gasteiger partial charge in [0.05, 0.1) is 5.69 Å². The number of piperidine rings is 2. The number of rotatable bonds is 1. The first kappa shape index (κ1) is 21.2. The molecule has 31 heavy (non-hydrogen) atoms. The van der Waals surface area contributed by atoms with E-state index in [-0.39, 0.29) is 17.3 Å². The van der Waals surface area contributed by atoms with Crippen LogP contribution >= 0.6 is 0 Å². The lowest BCUT2D eigenvalue weighted by molar-refractivity contribution is 0.0453. The van der Waals surface area contributed by atoms with Crippen LogP contribution in [0.25, 0.3) is 0 Å². The van der Waals surface area contributed by atoms with E-state index in [0.29, 0.717) is 12.6 Å². The zero-order valence-electron chi connectivity index (χ0n) is 19.4. The molecule has 1 aromatic carbocycles. The fraction of sp³-hybridized carbons (Fsp3) is 0.720. The van der Waals surface area contributed by atoms with Crippen molar-refractivity contribution in [2.75, 3.05) is 31.6 Å². The van der Waals surface area contributed by atoms with E-state index in [1.165, 1.54) is 31.7 Å². The van der Waals surface area contributed by atoms with E-state index in [2.05, 4.69) is 16.8 Å². The van der Waals surface area contributed by atoms with Gasteiger partial charge in [0.2, 0.25) is 0 Å². The minimum atomic E-state index is -0.552. The lowest BCUT2D eigenvalue weighted by Gasteiger charge is -2.47. The van der Waals surface area contributed by atoms with Crippen molar-refractivity contribution in [2.24, 2.45) is 0 Å². The molecule has 4 heterocycles. The summed E-state index contributed by atoms with van der Waals surface area (Å²) in [5.41, 5.74) is 1.09. The van der Waals surface area contributed by atoms with Gasteiger partial charge in [-0.3, -0.25) is 4.90 Å². The molecule has 2 atom stereocenters. The first-order chi connectivity index (χ1) is 14.7. The number of anilines is 1. The summed E-state index contributed by atoms with van der Waals surface area (Å²) < 4.78 is 19.9. The average Bonchev–Trinajstić information content (AvgIpc) is 3.09. The number of halogens is 1. The van der Waals surface area contributed by atoms with Crippen LogP contribution in [0.15, 0.2) is 18.2 Å². The third-order valence-corrected chi connectivity index (χ3v) is 8.24. The van der Waals surface area contributed by atoms with Crippen LogP contribution in [0.1, 0.15) is 64.9 Å². The van der Waals surface area contributed by atoms with E-state index in [4.69, 9.17) is 4.74 Å². The Morgan fingerprint density at radius 1 is 1.10 bits per heavy atom. The topological polar surface area (TPSA) is 36.0 Å². The largest absolute Gasteiger partial charge is 0.443 e. The maximum absolute atomic E-state index is 14.2. The van der Waals surface area contributed by atoms with Crippen molar-refractivity contribution < 1.29 is 13.9 Å². The molecule has 0 saturated carbocycles. The molecule has 0 aliphatic carbocycles.